The fourth-order valence-electron chi connectivity index (χ4n) is 3.45. The van der Waals surface area contributed by atoms with E-state index in [1.165, 1.54) is 19.3 Å². The van der Waals surface area contributed by atoms with Crippen molar-refractivity contribution in [2.75, 3.05) is 36.5 Å². The molecule has 1 aliphatic carbocycles. The van der Waals surface area contributed by atoms with Crippen LogP contribution in [0.1, 0.15) is 33.1 Å². The van der Waals surface area contributed by atoms with Gasteiger partial charge in [-0.3, -0.25) is 0 Å². The molecule has 1 N–H and O–H groups in total. The fraction of sp³-hybridized carbons (Fsp3) is 0.706. The second kappa shape index (κ2) is 6.65. The lowest BCUT2D eigenvalue weighted by molar-refractivity contribution is 0.122. The van der Waals surface area contributed by atoms with Gasteiger partial charge in [-0.2, -0.15) is 0 Å². The van der Waals surface area contributed by atoms with Crippen LogP contribution in [0.25, 0.3) is 0 Å². The van der Waals surface area contributed by atoms with E-state index in [2.05, 4.69) is 41.2 Å². The van der Waals surface area contributed by atoms with E-state index in [1.807, 2.05) is 6.20 Å². The van der Waals surface area contributed by atoms with Crippen LogP contribution in [0.2, 0.25) is 0 Å². The number of rotatable bonds is 3. The summed E-state index contributed by atoms with van der Waals surface area (Å²) in [5, 5.41) is 3.69. The Morgan fingerprint density at radius 3 is 2.71 bits per heavy atom. The molecule has 0 amide bonds. The van der Waals surface area contributed by atoms with Crippen molar-refractivity contribution in [2.24, 2.45) is 11.8 Å². The van der Waals surface area contributed by atoms with Crippen LogP contribution in [-0.4, -0.2) is 37.3 Å². The van der Waals surface area contributed by atoms with Crippen LogP contribution < -0.4 is 10.2 Å². The highest BCUT2D eigenvalue weighted by molar-refractivity contribution is 5.49. The maximum Gasteiger partial charge on any atom is 0.128 e. The number of ether oxygens (including phenoxy) is 1. The number of pyridine rings is 1. The Kier molecular flexibility index (Phi) is 4.63. The van der Waals surface area contributed by atoms with Crippen LogP contribution in [0.15, 0.2) is 18.3 Å². The maximum atomic E-state index is 5.39. The number of aromatic nitrogens is 1. The van der Waals surface area contributed by atoms with Gasteiger partial charge in [0.05, 0.1) is 25.1 Å². The summed E-state index contributed by atoms with van der Waals surface area (Å²) >= 11 is 0. The van der Waals surface area contributed by atoms with Crippen molar-refractivity contribution < 1.29 is 4.74 Å². The van der Waals surface area contributed by atoms with Gasteiger partial charge in [-0.15, -0.1) is 0 Å². The van der Waals surface area contributed by atoms with Crippen LogP contribution in [-0.2, 0) is 4.74 Å². The maximum absolute atomic E-state index is 5.39. The van der Waals surface area contributed by atoms with Crippen LogP contribution in [0.5, 0.6) is 0 Å². The predicted molar refractivity (Wildman–Crippen MR) is 86.9 cm³/mol. The molecule has 3 unspecified atom stereocenters. The van der Waals surface area contributed by atoms with Gasteiger partial charge >= 0.3 is 0 Å². The Morgan fingerprint density at radius 2 is 2.00 bits per heavy atom. The largest absolute Gasteiger partial charge is 0.381 e. The zero-order valence-corrected chi connectivity index (χ0v) is 13.2. The molecule has 3 atom stereocenters. The third kappa shape index (κ3) is 3.49. The SMILES string of the molecule is CC1CCCC(Nc2ccc(N3CCOCC3)nc2)C1C. The Balaban J connectivity index is 1.61. The highest BCUT2D eigenvalue weighted by atomic mass is 16.5. The first-order chi connectivity index (χ1) is 10.2. The van der Waals surface area contributed by atoms with Crippen molar-refractivity contribution in [2.45, 2.75) is 39.2 Å². The van der Waals surface area contributed by atoms with Crippen molar-refractivity contribution >= 4 is 11.5 Å². The Labute approximate surface area is 127 Å². The van der Waals surface area contributed by atoms with Crippen LogP contribution in [0.3, 0.4) is 0 Å². The first-order valence-corrected chi connectivity index (χ1v) is 8.29. The van der Waals surface area contributed by atoms with Gasteiger partial charge in [0.25, 0.3) is 0 Å². The van der Waals surface area contributed by atoms with Gasteiger partial charge in [-0.05, 0) is 30.4 Å². The zero-order chi connectivity index (χ0) is 14.7. The number of morpholine rings is 1. The molecule has 1 aliphatic heterocycles. The number of nitrogens with one attached hydrogen (secondary N) is 1. The third-order valence-corrected chi connectivity index (χ3v) is 5.14. The lowest BCUT2D eigenvalue weighted by Crippen LogP contribution is -2.37. The highest BCUT2D eigenvalue weighted by Crippen LogP contribution is 2.31. The molecular formula is C17H27N3O. The molecule has 1 saturated carbocycles. The van der Waals surface area contributed by atoms with E-state index in [0.717, 1.165) is 49.6 Å². The zero-order valence-electron chi connectivity index (χ0n) is 13.2. The molecule has 0 bridgehead atoms. The summed E-state index contributed by atoms with van der Waals surface area (Å²) in [4.78, 5) is 6.91. The average Bonchev–Trinajstić information content (AvgIpc) is 2.53. The molecular weight excluding hydrogens is 262 g/mol. The minimum absolute atomic E-state index is 0.588. The van der Waals surface area contributed by atoms with Gasteiger partial charge in [0.15, 0.2) is 0 Å². The Bertz CT molecular complexity index is 442. The first-order valence-electron chi connectivity index (χ1n) is 8.29. The Morgan fingerprint density at radius 1 is 1.19 bits per heavy atom. The molecule has 2 heterocycles. The molecule has 21 heavy (non-hydrogen) atoms. The van der Waals surface area contributed by atoms with E-state index >= 15 is 0 Å². The van der Waals surface area contributed by atoms with Gasteiger partial charge in [-0.1, -0.05) is 26.7 Å². The minimum Gasteiger partial charge on any atom is -0.381 e. The summed E-state index contributed by atoms with van der Waals surface area (Å²) < 4.78 is 5.39. The number of anilines is 2. The lowest BCUT2D eigenvalue weighted by atomic mass is 9.78. The molecule has 4 nitrogen and oxygen atoms in total. The second-order valence-corrected chi connectivity index (χ2v) is 6.52. The van der Waals surface area contributed by atoms with E-state index in [4.69, 9.17) is 4.74 Å². The lowest BCUT2D eigenvalue weighted by Gasteiger charge is -2.35. The minimum atomic E-state index is 0.588. The van der Waals surface area contributed by atoms with Crippen LogP contribution in [0, 0.1) is 11.8 Å². The third-order valence-electron chi connectivity index (χ3n) is 5.14. The number of nitrogens with zero attached hydrogens (tertiary/aromatic N) is 2. The average molecular weight is 289 g/mol. The molecule has 1 aromatic heterocycles. The van der Waals surface area contributed by atoms with Crippen molar-refractivity contribution in [3.63, 3.8) is 0 Å². The normalized spacial score (nSPS) is 30.2. The van der Waals surface area contributed by atoms with E-state index < -0.39 is 0 Å². The molecule has 1 aromatic rings. The summed E-state index contributed by atoms with van der Waals surface area (Å²) in [7, 11) is 0. The van der Waals surface area contributed by atoms with E-state index in [9.17, 15) is 0 Å². The van der Waals surface area contributed by atoms with E-state index in [0.29, 0.717) is 6.04 Å². The molecule has 1 saturated heterocycles. The van der Waals surface area contributed by atoms with Gasteiger partial charge in [-0.25, -0.2) is 4.98 Å². The molecule has 0 aromatic carbocycles. The van der Waals surface area contributed by atoms with Crippen LogP contribution in [0.4, 0.5) is 11.5 Å². The number of hydrogen-bond donors (Lipinski definition) is 1. The molecule has 2 fully saturated rings. The monoisotopic (exact) mass is 289 g/mol. The topological polar surface area (TPSA) is 37.4 Å². The van der Waals surface area contributed by atoms with E-state index in [-0.39, 0.29) is 0 Å². The van der Waals surface area contributed by atoms with Gasteiger partial charge in [0, 0.05) is 19.1 Å². The van der Waals surface area contributed by atoms with Crippen molar-refractivity contribution in [1.82, 2.24) is 4.98 Å². The van der Waals surface area contributed by atoms with Crippen molar-refractivity contribution in [3.8, 4) is 0 Å². The summed E-state index contributed by atoms with van der Waals surface area (Å²) in [6.45, 7) is 8.24. The summed E-state index contributed by atoms with van der Waals surface area (Å²) in [6, 6.07) is 4.89. The Hall–Kier alpha value is -1.29. The molecule has 2 aliphatic rings. The van der Waals surface area contributed by atoms with Crippen molar-refractivity contribution in [3.05, 3.63) is 18.3 Å². The molecule has 4 heteroatoms. The smallest absolute Gasteiger partial charge is 0.128 e. The van der Waals surface area contributed by atoms with Crippen molar-refractivity contribution in [1.29, 1.82) is 0 Å². The fourth-order valence-corrected chi connectivity index (χ4v) is 3.45. The second-order valence-electron chi connectivity index (χ2n) is 6.52. The predicted octanol–water partition coefficient (Wildman–Crippen LogP) is 3.15. The molecule has 0 spiro atoms. The first kappa shape index (κ1) is 14.6. The molecule has 116 valence electrons. The summed E-state index contributed by atoms with van der Waals surface area (Å²) in [5.74, 6) is 2.61. The molecule has 0 radical (unpaired) electrons. The summed E-state index contributed by atoms with van der Waals surface area (Å²) in [5.41, 5.74) is 1.15. The highest BCUT2D eigenvalue weighted by Gasteiger charge is 2.26. The van der Waals surface area contributed by atoms with Gasteiger partial charge in [0.2, 0.25) is 0 Å². The quantitative estimate of drug-likeness (QED) is 0.927. The van der Waals surface area contributed by atoms with Gasteiger partial charge < -0.3 is 15.0 Å². The number of hydrogen-bond acceptors (Lipinski definition) is 4. The van der Waals surface area contributed by atoms with E-state index in [1.54, 1.807) is 0 Å². The van der Waals surface area contributed by atoms with Gasteiger partial charge in [0.1, 0.15) is 5.82 Å². The van der Waals surface area contributed by atoms with Crippen LogP contribution >= 0.6 is 0 Å². The standard InChI is InChI=1S/C17H27N3O/c1-13-4-3-5-16(14(13)2)19-15-6-7-17(18-12-15)20-8-10-21-11-9-20/h6-7,12-14,16,19H,3-5,8-11H2,1-2H3. The summed E-state index contributed by atoms with van der Waals surface area (Å²) in [6.07, 6.45) is 5.96. The molecule has 3 rings (SSSR count).